The Kier molecular flexibility index (Phi) is 4.07. The quantitative estimate of drug-likeness (QED) is 0.751. The molecule has 2 N–H and O–H groups in total. The highest BCUT2D eigenvalue weighted by molar-refractivity contribution is 6.58. The van der Waals surface area contributed by atoms with E-state index in [2.05, 4.69) is 9.80 Å². The smallest absolute Gasteiger partial charge is 0.423 e. The van der Waals surface area contributed by atoms with Gasteiger partial charge in [-0.15, -0.1) is 0 Å². The SMILES string of the molecule is OB(O)c1cc(F)cc(CN2CCN3CCCC3C2)c1. The number of halogens is 1. The van der Waals surface area contributed by atoms with Crippen LogP contribution in [0.4, 0.5) is 4.39 Å². The van der Waals surface area contributed by atoms with E-state index >= 15 is 0 Å². The molecule has 1 aromatic rings. The molecule has 0 saturated carbocycles. The van der Waals surface area contributed by atoms with Crippen molar-refractivity contribution in [3.8, 4) is 0 Å². The van der Waals surface area contributed by atoms with Crippen molar-refractivity contribution in [3.63, 3.8) is 0 Å². The number of benzene rings is 1. The van der Waals surface area contributed by atoms with Gasteiger partial charge >= 0.3 is 7.12 Å². The van der Waals surface area contributed by atoms with Crippen LogP contribution in [0.3, 0.4) is 0 Å². The summed E-state index contributed by atoms with van der Waals surface area (Å²) in [6, 6.07) is 4.96. The highest BCUT2D eigenvalue weighted by Crippen LogP contribution is 2.22. The number of piperazine rings is 1. The van der Waals surface area contributed by atoms with Gasteiger partial charge in [0, 0.05) is 32.2 Å². The van der Waals surface area contributed by atoms with Crippen LogP contribution in [0.2, 0.25) is 0 Å². The molecule has 0 aliphatic carbocycles. The van der Waals surface area contributed by atoms with Crippen LogP contribution in [0, 0.1) is 5.82 Å². The molecule has 20 heavy (non-hydrogen) atoms. The Labute approximate surface area is 119 Å². The summed E-state index contributed by atoms with van der Waals surface area (Å²) < 4.78 is 13.5. The third kappa shape index (κ3) is 3.04. The lowest BCUT2D eigenvalue weighted by Crippen LogP contribution is -2.49. The second-order valence-corrected chi connectivity index (χ2v) is 5.83. The predicted molar refractivity (Wildman–Crippen MR) is 76.1 cm³/mol. The van der Waals surface area contributed by atoms with Crippen LogP contribution in [-0.4, -0.2) is 59.2 Å². The molecule has 1 unspecified atom stereocenters. The van der Waals surface area contributed by atoms with Gasteiger partial charge in [0.15, 0.2) is 0 Å². The zero-order valence-electron chi connectivity index (χ0n) is 11.5. The first kappa shape index (κ1) is 14.0. The number of nitrogens with zero attached hydrogens (tertiary/aromatic N) is 2. The molecular formula is C14H20BFN2O2. The van der Waals surface area contributed by atoms with Crippen molar-refractivity contribution in [1.29, 1.82) is 0 Å². The molecule has 2 aliphatic rings. The van der Waals surface area contributed by atoms with E-state index in [1.165, 1.54) is 31.5 Å². The van der Waals surface area contributed by atoms with E-state index in [1.54, 1.807) is 6.07 Å². The van der Waals surface area contributed by atoms with Crippen LogP contribution < -0.4 is 5.46 Å². The minimum Gasteiger partial charge on any atom is -0.423 e. The summed E-state index contributed by atoms with van der Waals surface area (Å²) in [5, 5.41) is 18.3. The Morgan fingerprint density at radius 2 is 2.05 bits per heavy atom. The Hall–Kier alpha value is -0.945. The molecule has 3 rings (SSSR count). The first-order valence-corrected chi connectivity index (χ1v) is 7.24. The summed E-state index contributed by atoms with van der Waals surface area (Å²) in [7, 11) is -1.61. The third-order valence-electron chi connectivity index (χ3n) is 4.36. The van der Waals surface area contributed by atoms with E-state index in [0.29, 0.717) is 12.6 Å². The van der Waals surface area contributed by atoms with Crippen molar-refractivity contribution in [1.82, 2.24) is 9.80 Å². The minimum atomic E-state index is -1.61. The number of hydrogen-bond donors (Lipinski definition) is 2. The van der Waals surface area contributed by atoms with Crippen LogP contribution in [0.25, 0.3) is 0 Å². The summed E-state index contributed by atoms with van der Waals surface area (Å²) in [4.78, 5) is 4.86. The molecule has 6 heteroatoms. The summed E-state index contributed by atoms with van der Waals surface area (Å²) in [6.07, 6.45) is 2.53. The van der Waals surface area contributed by atoms with Crippen LogP contribution in [-0.2, 0) is 6.54 Å². The van der Waals surface area contributed by atoms with Crippen molar-refractivity contribution >= 4 is 12.6 Å². The van der Waals surface area contributed by atoms with Crippen LogP contribution in [0.1, 0.15) is 18.4 Å². The van der Waals surface area contributed by atoms with Gasteiger partial charge in [-0.2, -0.15) is 0 Å². The fourth-order valence-corrected chi connectivity index (χ4v) is 3.37. The Bertz CT molecular complexity index is 486. The lowest BCUT2D eigenvalue weighted by Gasteiger charge is -2.37. The normalized spacial score (nSPS) is 23.9. The van der Waals surface area contributed by atoms with Crippen molar-refractivity contribution in [2.75, 3.05) is 26.2 Å². The van der Waals surface area contributed by atoms with Gasteiger partial charge in [-0.3, -0.25) is 9.80 Å². The van der Waals surface area contributed by atoms with Gasteiger partial charge in [0.2, 0.25) is 0 Å². The highest BCUT2D eigenvalue weighted by atomic mass is 19.1. The van der Waals surface area contributed by atoms with Gasteiger partial charge in [-0.05, 0) is 42.5 Å². The Morgan fingerprint density at radius 3 is 2.85 bits per heavy atom. The van der Waals surface area contributed by atoms with Crippen LogP contribution in [0.5, 0.6) is 0 Å². The first-order chi connectivity index (χ1) is 9.61. The summed E-state index contributed by atoms with van der Waals surface area (Å²) in [6.45, 7) is 4.97. The molecule has 1 aromatic carbocycles. The molecule has 108 valence electrons. The second kappa shape index (κ2) is 5.81. The number of hydrogen-bond acceptors (Lipinski definition) is 4. The standard InChI is InChI=1S/C14H20BFN2O2/c16-13-7-11(6-12(8-13)15(19)20)9-17-4-5-18-3-1-2-14(18)10-17/h6-8,14,19-20H,1-5,9-10H2. The molecule has 2 fully saturated rings. The molecule has 4 nitrogen and oxygen atoms in total. The van der Waals surface area contributed by atoms with Gasteiger partial charge < -0.3 is 10.0 Å². The molecule has 2 heterocycles. The van der Waals surface area contributed by atoms with Crippen molar-refractivity contribution < 1.29 is 14.4 Å². The van der Waals surface area contributed by atoms with Gasteiger partial charge in [-0.1, -0.05) is 6.07 Å². The molecule has 2 aliphatic heterocycles. The van der Waals surface area contributed by atoms with Gasteiger partial charge in [0.05, 0.1) is 0 Å². The maximum atomic E-state index is 13.5. The summed E-state index contributed by atoms with van der Waals surface area (Å²) in [5.41, 5.74) is 1.03. The van der Waals surface area contributed by atoms with Crippen molar-refractivity contribution in [2.45, 2.75) is 25.4 Å². The molecule has 0 aromatic heterocycles. The van der Waals surface area contributed by atoms with E-state index in [1.807, 2.05) is 0 Å². The molecule has 0 amide bonds. The fourth-order valence-electron chi connectivity index (χ4n) is 3.37. The Balaban J connectivity index is 1.68. The van der Waals surface area contributed by atoms with E-state index < -0.39 is 12.9 Å². The monoisotopic (exact) mass is 278 g/mol. The summed E-state index contributed by atoms with van der Waals surface area (Å²) >= 11 is 0. The van der Waals surface area contributed by atoms with E-state index in [4.69, 9.17) is 0 Å². The van der Waals surface area contributed by atoms with E-state index in [-0.39, 0.29) is 5.46 Å². The van der Waals surface area contributed by atoms with Gasteiger partial charge in [0.25, 0.3) is 0 Å². The summed E-state index contributed by atoms with van der Waals surface area (Å²) in [5.74, 6) is -0.412. The zero-order valence-corrected chi connectivity index (χ0v) is 11.5. The van der Waals surface area contributed by atoms with Crippen molar-refractivity contribution in [2.24, 2.45) is 0 Å². The maximum absolute atomic E-state index is 13.5. The van der Waals surface area contributed by atoms with Gasteiger partial charge in [-0.25, -0.2) is 4.39 Å². The first-order valence-electron chi connectivity index (χ1n) is 7.24. The molecule has 0 spiro atoms. The van der Waals surface area contributed by atoms with Crippen molar-refractivity contribution in [3.05, 3.63) is 29.6 Å². The fraction of sp³-hybridized carbons (Fsp3) is 0.571. The lowest BCUT2D eigenvalue weighted by atomic mass is 9.79. The Morgan fingerprint density at radius 1 is 1.20 bits per heavy atom. The molecule has 0 radical (unpaired) electrons. The average Bonchev–Trinajstić information content (AvgIpc) is 2.85. The third-order valence-corrected chi connectivity index (χ3v) is 4.36. The largest absolute Gasteiger partial charge is 0.488 e. The predicted octanol–water partition coefficient (Wildman–Crippen LogP) is -0.214. The molecule has 1 atom stereocenters. The maximum Gasteiger partial charge on any atom is 0.488 e. The molecular weight excluding hydrogens is 258 g/mol. The second-order valence-electron chi connectivity index (χ2n) is 5.83. The average molecular weight is 278 g/mol. The zero-order chi connectivity index (χ0) is 14.1. The lowest BCUT2D eigenvalue weighted by molar-refractivity contribution is 0.0993. The van der Waals surface area contributed by atoms with E-state index in [9.17, 15) is 14.4 Å². The topological polar surface area (TPSA) is 46.9 Å². The molecule has 2 saturated heterocycles. The highest BCUT2D eigenvalue weighted by Gasteiger charge is 2.30. The number of rotatable bonds is 3. The minimum absolute atomic E-state index is 0.222. The van der Waals surface area contributed by atoms with Crippen LogP contribution in [0.15, 0.2) is 18.2 Å². The number of fused-ring (bicyclic) bond motifs is 1. The van der Waals surface area contributed by atoms with Gasteiger partial charge in [0.1, 0.15) is 5.82 Å². The van der Waals surface area contributed by atoms with Crippen LogP contribution >= 0.6 is 0 Å². The molecule has 0 bridgehead atoms. The van der Waals surface area contributed by atoms with E-state index in [0.717, 1.165) is 25.2 Å².